The van der Waals surface area contributed by atoms with Crippen LogP contribution in [0.1, 0.15) is 72.6 Å². The van der Waals surface area contributed by atoms with E-state index in [1.54, 1.807) is 6.92 Å². The minimum atomic E-state index is 0.120. The molecule has 2 heteroatoms. The summed E-state index contributed by atoms with van der Waals surface area (Å²) in [6.45, 7) is 8.69. The molecule has 2 saturated carbocycles. The fraction of sp³-hybridized carbons (Fsp3) is 0.882. The van der Waals surface area contributed by atoms with E-state index in [-0.39, 0.29) is 17.1 Å². The molecule has 0 bridgehead atoms. The number of hydrogen-bond donors (Lipinski definition) is 0. The Hall–Kier alpha value is -0.660. The summed E-state index contributed by atoms with van der Waals surface area (Å²) < 4.78 is 0. The van der Waals surface area contributed by atoms with Crippen LogP contribution >= 0.6 is 0 Å². The van der Waals surface area contributed by atoms with Crippen molar-refractivity contribution in [2.75, 3.05) is 0 Å². The van der Waals surface area contributed by atoms with E-state index in [2.05, 4.69) is 20.8 Å². The summed E-state index contributed by atoms with van der Waals surface area (Å²) in [5.41, 5.74) is 0.481. The first-order chi connectivity index (χ1) is 8.77. The standard InChI is InChI=1S/C17H28O2/c1-12(18)6-7-13-14(19)8-9-15-16(2,3)10-5-11-17(13,15)4/h13,15H,5-11H2,1-4H3/t13-,15?,17+/m0/s1. The lowest BCUT2D eigenvalue weighted by Crippen LogP contribution is -2.51. The van der Waals surface area contributed by atoms with Crippen molar-refractivity contribution in [3.8, 4) is 0 Å². The molecule has 2 rings (SSSR count). The smallest absolute Gasteiger partial charge is 0.136 e. The quantitative estimate of drug-likeness (QED) is 0.766. The van der Waals surface area contributed by atoms with Crippen molar-refractivity contribution in [3.05, 3.63) is 0 Å². The molecule has 19 heavy (non-hydrogen) atoms. The summed E-state index contributed by atoms with van der Waals surface area (Å²) in [7, 11) is 0. The van der Waals surface area contributed by atoms with Crippen molar-refractivity contribution in [2.24, 2.45) is 22.7 Å². The van der Waals surface area contributed by atoms with E-state index < -0.39 is 0 Å². The highest BCUT2D eigenvalue weighted by Gasteiger charge is 2.54. The first-order valence-electron chi connectivity index (χ1n) is 7.79. The fourth-order valence-electron chi connectivity index (χ4n) is 4.97. The minimum absolute atomic E-state index is 0.120. The molecule has 0 spiro atoms. The first kappa shape index (κ1) is 14.7. The molecule has 0 aromatic rings. The van der Waals surface area contributed by atoms with E-state index in [4.69, 9.17) is 0 Å². The molecule has 2 fully saturated rings. The lowest BCUT2D eigenvalue weighted by atomic mass is 9.47. The predicted octanol–water partition coefficient (Wildman–Crippen LogP) is 4.17. The molecule has 0 aromatic heterocycles. The number of carbonyl (C=O) groups excluding carboxylic acids is 2. The van der Waals surface area contributed by atoms with Crippen molar-refractivity contribution < 1.29 is 9.59 Å². The van der Waals surface area contributed by atoms with Crippen molar-refractivity contribution in [1.82, 2.24) is 0 Å². The van der Waals surface area contributed by atoms with Crippen LogP contribution in [-0.4, -0.2) is 11.6 Å². The molecule has 0 aliphatic heterocycles. The Labute approximate surface area is 117 Å². The lowest BCUT2D eigenvalue weighted by molar-refractivity contribution is -0.143. The predicted molar refractivity (Wildman–Crippen MR) is 76.9 cm³/mol. The molecular formula is C17H28O2. The monoisotopic (exact) mass is 264 g/mol. The van der Waals surface area contributed by atoms with Gasteiger partial charge in [-0.05, 0) is 49.4 Å². The van der Waals surface area contributed by atoms with Crippen LogP contribution in [0.3, 0.4) is 0 Å². The Kier molecular flexibility index (Phi) is 3.90. The molecule has 0 saturated heterocycles. The van der Waals surface area contributed by atoms with Gasteiger partial charge in [0, 0.05) is 18.8 Å². The van der Waals surface area contributed by atoms with Gasteiger partial charge in [0.15, 0.2) is 0 Å². The molecule has 0 amide bonds. The van der Waals surface area contributed by atoms with Gasteiger partial charge in [0.25, 0.3) is 0 Å². The number of Topliss-reactive ketones (excluding diaryl/α,β-unsaturated/α-hetero) is 2. The number of carbonyl (C=O) groups is 2. The van der Waals surface area contributed by atoms with Crippen LogP contribution in [0.2, 0.25) is 0 Å². The van der Waals surface area contributed by atoms with Crippen LogP contribution in [-0.2, 0) is 9.59 Å². The van der Waals surface area contributed by atoms with Gasteiger partial charge in [-0.1, -0.05) is 27.2 Å². The summed E-state index contributed by atoms with van der Waals surface area (Å²) in [4.78, 5) is 23.6. The number of fused-ring (bicyclic) bond motifs is 1. The second-order valence-electron chi connectivity index (χ2n) is 7.70. The second kappa shape index (κ2) is 5.03. The van der Waals surface area contributed by atoms with Crippen LogP contribution in [0.15, 0.2) is 0 Å². The van der Waals surface area contributed by atoms with E-state index in [9.17, 15) is 9.59 Å². The van der Waals surface area contributed by atoms with Crippen LogP contribution in [0, 0.1) is 22.7 Å². The third kappa shape index (κ3) is 2.64. The van der Waals surface area contributed by atoms with Crippen LogP contribution in [0.5, 0.6) is 0 Å². The zero-order valence-corrected chi connectivity index (χ0v) is 12.9. The van der Waals surface area contributed by atoms with Crippen molar-refractivity contribution in [1.29, 1.82) is 0 Å². The van der Waals surface area contributed by atoms with E-state index >= 15 is 0 Å². The average molecular weight is 264 g/mol. The third-order valence-corrected chi connectivity index (χ3v) is 5.93. The van der Waals surface area contributed by atoms with Gasteiger partial charge in [-0.15, -0.1) is 0 Å². The maximum absolute atomic E-state index is 12.4. The van der Waals surface area contributed by atoms with Gasteiger partial charge in [-0.3, -0.25) is 4.79 Å². The number of ketones is 2. The lowest BCUT2D eigenvalue weighted by Gasteiger charge is -2.56. The molecule has 0 radical (unpaired) electrons. The summed E-state index contributed by atoms with van der Waals surface area (Å²) in [6.07, 6.45) is 6.79. The zero-order valence-electron chi connectivity index (χ0n) is 12.9. The molecule has 0 aromatic carbocycles. The zero-order chi connectivity index (χ0) is 14.3. The average Bonchev–Trinajstić information content (AvgIpc) is 2.26. The highest BCUT2D eigenvalue weighted by molar-refractivity contribution is 5.84. The Bertz CT molecular complexity index is 383. The summed E-state index contributed by atoms with van der Waals surface area (Å²) in [6, 6.07) is 0. The van der Waals surface area contributed by atoms with E-state index in [1.807, 2.05) is 0 Å². The number of hydrogen-bond acceptors (Lipinski definition) is 2. The van der Waals surface area contributed by atoms with Gasteiger partial charge in [0.2, 0.25) is 0 Å². The maximum Gasteiger partial charge on any atom is 0.136 e. The fourth-order valence-corrected chi connectivity index (χ4v) is 4.97. The van der Waals surface area contributed by atoms with Gasteiger partial charge in [0.1, 0.15) is 11.6 Å². The van der Waals surface area contributed by atoms with E-state index in [0.717, 1.165) is 25.7 Å². The normalized spacial score (nSPS) is 37.8. The molecule has 1 unspecified atom stereocenters. The molecule has 108 valence electrons. The summed E-state index contributed by atoms with van der Waals surface area (Å²) in [5.74, 6) is 1.39. The van der Waals surface area contributed by atoms with Gasteiger partial charge < -0.3 is 4.79 Å². The maximum atomic E-state index is 12.4. The largest absolute Gasteiger partial charge is 0.300 e. The molecule has 2 aliphatic rings. The van der Waals surface area contributed by atoms with Crippen molar-refractivity contribution >= 4 is 11.6 Å². The molecule has 3 atom stereocenters. The molecule has 0 N–H and O–H groups in total. The van der Waals surface area contributed by atoms with Crippen molar-refractivity contribution in [3.63, 3.8) is 0 Å². The molecular weight excluding hydrogens is 236 g/mol. The van der Waals surface area contributed by atoms with Gasteiger partial charge in [0.05, 0.1) is 0 Å². The SMILES string of the molecule is CC(=O)CC[C@H]1C(=O)CCC2C(C)(C)CCC[C@@]21C. The van der Waals surface area contributed by atoms with Gasteiger partial charge in [-0.25, -0.2) is 0 Å². The summed E-state index contributed by atoms with van der Waals surface area (Å²) >= 11 is 0. The Balaban J connectivity index is 2.24. The minimum Gasteiger partial charge on any atom is -0.300 e. The van der Waals surface area contributed by atoms with Crippen LogP contribution in [0.4, 0.5) is 0 Å². The first-order valence-corrected chi connectivity index (χ1v) is 7.79. The van der Waals surface area contributed by atoms with Crippen LogP contribution < -0.4 is 0 Å². The van der Waals surface area contributed by atoms with E-state index in [0.29, 0.717) is 23.5 Å². The third-order valence-electron chi connectivity index (χ3n) is 5.93. The van der Waals surface area contributed by atoms with E-state index in [1.165, 1.54) is 12.8 Å². The Morgan fingerprint density at radius 3 is 2.58 bits per heavy atom. The Morgan fingerprint density at radius 2 is 1.95 bits per heavy atom. The highest BCUT2D eigenvalue weighted by atomic mass is 16.1. The molecule has 0 heterocycles. The highest BCUT2D eigenvalue weighted by Crippen LogP contribution is 2.59. The van der Waals surface area contributed by atoms with Crippen molar-refractivity contribution in [2.45, 2.75) is 72.6 Å². The molecule has 2 aliphatic carbocycles. The topological polar surface area (TPSA) is 34.1 Å². The Morgan fingerprint density at radius 1 is 1.26 bits per heavy atom. The summed E-state index contributed by atoms with van der Waals surface area (Å²) in [5, 5.41) is 0. The number of rotatable bonds is 3. The van der Waals surface area contributed by atoms with Gasteiger partial charge in [-0.2, -0.15) is 0 Å². The van der Waals surface area contributed by atoms with Crippen LogP contribution in [0.25, 0.3) is 0 Å². The second-order valence-corrected chi connectivity index (χ2v) is 7.70. The van der Waals surface area contributed by atoms with Gasteiger partial charge >= 0.3 is 0 Å². The molecule has 2 nitrogen and oxygen atoms in total.